The van der Waals surface area contributed by atoms with Gasteiger partial charge in [0.1, 0.15) is 0 Å². The highest BCUT2D eigenvalue weighted by Crippen LogP contribution is 2.17. The minimum atomic E-state index is -1.14. The zero-order valence-corrected chi connectivity index (χ0v) is 14.3. The summed E-state index contributed by atoms with van der Waals surface area (Å²) in [6.45, 7) is -0.175. The fraction of sp³-hybridized carbons (Fsp3) is 0.222. The maximum Gasteiger partial charge on any atom is 0.313 e. The Morgan fingerprint density at radius 2 is 1.69 bits per heavy atom. The maximum atomic E-state index is 13.1. The maximum absolute atomic E-state index is 13.1. The number of aliphatic hydroxyl groups is 1. The number of hydrogen-bond acceptors (Lipinski definition) is 4. The number of carbonyl (C=O) groups is 2. The molecule has 1 atom stereocenters. The van der Waals surface area contributed by atoms with Crippen molar-refractivity contribution in [3.63, 3.8) is 0 Å². The SMILES string of the molecule is CN(C)c1ccc(C(O)CNC(=O)C(=O)Nc2ccc(F)c(F)c2)cc1. The van der Waals surface area contributed by atoms with Gasteiger partial charge < -0.3 is 20.6 Å². The van der Waals surface area contributed by atoms with Crippen LogP contribution >= 0.6 is 0 Å². The van der Waals surface area contributed by atoms with Crippen molar-refractivity contribution in [1.82, 2.24) is 5.32 Å². The number of amides is 2. The first-order valence-corrected chi connectivity index (χ1v) is 7.77. The van der Waals surface area contributed by atoms with Gasteiger partial charge in [0.2, 0.25) is 0 Å². The van der Waals surface area contributed by atoms with Gasteiger partial charge in [0.25, 0.3) is 0 Å². The van der Waals surface area contributed by atoms with Gasteiger partial charge in [-0.15, -0.1) is 0 Å². The number of halogens is 2. The molecule has 0 heterocycles. The molecule has 0 aliphatic rings. The second-order valence-corrected chi connectivity index (χ2v) is 5.79. The summed E-state index contributed by atoms with van der Waals surface area (Å²) in [4.78, 5) is 25.4. The minimum Gasteiger partial charge on any atom is -0.387 e. The van der Waals surface area contributed by atoms with Crippen LogP contribution in [0.5, 0.6) is 0 Å². The number of nitrogens with zero attached hydrogens (tertiary/aromatic N) is 1. The van der Waals surface area contributed by atoms with E-state index in [1.807, 2.05) is 31.1 Å². The summed E-state index contributed by atoms with van der Waals surface area (Å²) < 4.78 is 25.9. The molecule has 3 N–H and O–H groups in total. The molecular weight excluding hydrogens is 344 g/mol. The van der Waals surface area contributed by atoms with Gasteiger partial charge in [-0.1, -0.05) is 12.1 Å². The zero-order valence-electron chi connectivity index (χ0n) is 14.3. The summed E-state index contributed by atoms with van der Waals surface area (Å²) in [6.07, 6.45) is -0.994. The lowest BCUT2D eigenvalue weighted by molar-refractivity contribution is -0.136. The average Bonchev–Trinajstić information content (AvgIpc) is 2.62. The molecule has 0 saturated carbocycles. The Hall–Kier alpha value is -3.00. The summed E-state index contributed by atoms with van der Waals surface area (Å²) in [5, 5.41) is 14.5. The van der Waals surface area contributed by atoms with E-state index in [1.54, 1.807) is 12.1 Å². The van der Waals surface area contributed by atoms with Crippen molar-refractivity contribution in [2.75, 3.05) is 30.9 Å². The number of carbonyl (C=O) groups excluding carboxylic acids is 2. The molecule has 2 amide bonds. The zero-order chi connectivity index (χ0) is 19.3. The number of rotatable bonds is 5. The van der Waals surface area contributed by atoms with Crippen LogP contribution in [0.2, 0.25) is 0 Å². The number of aliphatic hydroxyl groups excluding tert-OH is 1. The van der Waals surface area contributed by atoms with Crippen molar-refractivity contribution in [2.45, 2.75) is 6.10 Å². The Morgan fingerprint density at radius 3 is 2.27 bits per heavy atom. The third kappa shape index (κ3) is 5.00. The second kappa shape index (κ2) is 8.39. The highest BCUT2D eigenvalue weighted by Gasteiger charge is 2.16. The van der Waals surface area contributed by atoms with Gasteiger partial charge in [-0.2, -0.15) is 0 Å². The number of hydrogen-bond donors (Lipinski definition) is 3. The van der Waals surface area contributed by atoms with Gasteiger partial charge in [-0.25, -0.2) is 8.78 Å². The van der Waals surface area contributed by atoms with Gasteiger partial charge in [0, 0.05) is 38.1 Å². The number of benzene rings is 2. The molecule has 26 heavy (non-hydrogen) atoms. The van der Waals surface area contributed by atoms with E-state index < -0.39 is 29.6 Å². The van der Waals surface area contributed by atoms with Gasteiger partial charge in [0.15, 0.2) is 11.6 Å². The molecule has 1 unspecified atom stereocenters. The highest BCUT2D eigenvalue weighted by atomic mass is 19.2. The molecule has 138 valence electrons. The highest BCUT2D eigenvalue weighted by molar-refractivity contribution is 6.39. The van der Waals surface area contributed by atoms with E-state index >= 15 is 0 Å². The van der Waals surface area contributed by atoms with Gasteiger partial charge in [-0.3, -0.25) is 9.59 Å². The average molecular weight is 363 g/mol. The lowest BCUT2D eigenvalue weighted by Crippen LogP contribution is -2.37. The lowest BCUT2D eigenvalue weighted by atomic mass is 10.1. The summed E-state index contributed by atoms with van der Waals surface area (Å²) in [5.74, 6) is -4.25. The molecule has 0 radical (unpaired) electrons. The Labute approximate surface area is 149 Å². The van der Waals surface area contributed by atoms with E-state index in [2.05, 4.69) is 10.6 Å². The topological polar surface area (TPSA) is 81.7 Å². The minimum absolute atomic E-state index is 0.0520. The van der Waals surface area contributed by atoms with E-state index in [9.17, 15) is 23.5 Å². The first-order valence-electron chi connectivity index (χ1n) is 7.77. The van der Waals surface area contributed by atoms with Crippen LogP contribution in [-0.2, 0) is 9.59 Å². The molecule has 0 saturated heterocycles. The monoisotopic (exact) mass is 363 g/mol. The Balaban J connectivity index is 1.88. The van der Waals surface area contributed by atoms with E-state index in [0.29, 0.717) is 5.56 Å². The number of anilines is 2. The fourth-order valence-corrected chi connectivity index (χ4v) is 2.14. The van der Waals surface area contributed by atoms with E-state index in [0.717, 1.165) is 23.9 Å². The largest absolute Gasteiger partial charge is 0.387 e. The Kier molecular flexibility index (Phi) is 6.24. The van der Waals surface area contributed by atoms with Crippen molar-refractivity contribution in [2.24, 2.45) is 0 Å². The lowest BCUT2D eigenvalue weighted by Gasteiger charge is -2.15. The van der Waals surface area contributed by atoms with Crippen molar-refractivity contribution in [3.8, 4) is 0 Å². The molecule has 8 heteroatoms. The third-order valence-electron chi connectivity index (χ3n) is 3.63. The summed E-state index contributed by atoms with van der Waals surface area (Å²) in [7, 11) is 3.77. The molecule has 0 aliphatic heterocycles. The first kappa shape index (κ1) is 19.3. The van der Waals surface area contributed by atoms with Crippen molar-refractivity contribution >= 4 is 23.2 Å². The quantitative estimate of drug-likeness (QED) is 0.708. The standard InChI is InChI=1S/C18H19F2N3O3/c1-23(2)13-6-3-11(4-7-13)16(24)10-21-17(25)18(26)22-12-5-8-14(19)15(20)9-12/h3-9,16,24H,10H2,1-2H3,(H,21,25)(H,22,26). The first-order chi connectivity index (χ1) is 12.3. The van der Waals surface area contributed by atoms with Crippen LogP contribution < -0.4 is 15.5 Å². The van der Waals surface area contributed by atoms with Gasteiger partial charge >= 0.3 is 11.8 Å². The van der Waals surface area contributed by atoms with Crippen LogP contribution in [0, 0.1) is 11.6 Å². The Bertz CT molecular complexity index is 795. The smallest absolute Gasteiger partial charge is 0.313 e. The molecule has 0 aromatic heterocycles. The Morgan fingerprint density at radius 1 is 1.04 bits per heavy atom. The molecule has 0 aliphatic carbocycles. The molecule has 0 fully saturated rings. The molecule has 0 bridgehead atoms. The molecule has 2 rings (SSSR count). The molecule has 6 nitrogen and oxygen atoms in total. The number of nitrogens with one attached hydrogen (secondary N) is 2. The second-order valence-electron chi connectivity index (χ2n) is 5.79. The van der Waals surface area contributed by atoms with E-state index in [-0.39, 0.29) is 12.2 Å². The normalized spacial score (nSPS) is 11.6. The predicted molar refractivity (Wildman–Crippen MR) is 93.7 cm³/mol. The fourth-order valence-electron chi connectivity index (χ4n) is 2.14. The predicted octanol–water partition coefficient (Wildman–Crippen LogP) is 1.82. The van der Waals surface area contributed by atoms with Gasteiger partial charge in [-0.05, 0) is 29.8 Å². The van der Waals surface area contributed by atoms with E-state index in [1.165, 1.54) is 0 Å². The summed E-state index contributed by atoms with van der Waals surface area (Å²) in [6, 6.07) is 9.80. The van der Waals surface area contributed by atoms with Crippen LogP contribution in [0.15, 0.2) is 42.5 Å². The van der Waals surface area contributed by atoms with Crippen LogP contribution in [0.1, 0.15) is 11.7 Å². The van der Waals surface area contributed by atoms with Crippen LogP contribution in [0.25, 0.3) is 0 Å². The molecule has 2 aromatic carbocycles. The van der Waals surface area contributed by atoms with E-state index in [4.69, 9.17) is 0 Å². The van der Waals surface area contributed by atoms with Gasteiger partial charge in [0.05, 0.1) is 6.10 Å². The van der Waals surface area contributed by atoms with Crippen molar-refractivity contribution in [1.29, 1.82) is 0 Å². The van der Waals surface area contributed by atoms with Crippen molar-refractivity contribution in [3.05, 3.63) is 59.7 Å². The molecular formula is C18H19F2N3O3. The molecule has 2 aromatic rings. The van der Waals surface area contributed by atoms with Crippen LogP contribution in [0.4, 0.5) is 20.2 Å². The molecule has 0 spiro atoms. The summed E-state index contributed by atoms with van der Waals surface area (Å²) in [5.41, 5.74) is 1.48. The third-order valence-corrected chi connectivity index (χ3v) is 3.63. The summed E-state index contributed by atoms with van der Waals surface area (Å²) >= 11 is 0. The van der Waals surface area contributed by atoms with Crippen LogP contribution in [0.3, 0.4) is 0 Å². The van der Waals surface area contributed by atoms with Crippen LogP contribution in [-0.4, -0.2) is 37.6 Å². The van der Waals surface area contributed by atoms with Crippen molar-refractivity contribution < 1.29 is 23.5 Å².